The molecule has 0 N–H and O–H groups in total. The highest BCUT2D eigenvalue weighted by Crippen LogP contribution is 2.04. The minimum Gasteiger partial charge on any atom is -0.293 e. The summed E-state index contributed by atoms with van der Waals surface area (Å²) in [6.07, 6.45) is 4.84. The van der Waals surface area contributed by atoms with Gasteiger partial charge in [0.05, 0.1) is 11.9 Å². The van der Waals surface area contributed by atoms with Gasteiger partial charge in [-0.2, -0.15) is 5.10 Å². The summed E-state index contributed by atoms with van der Waals surface area (Å²) in [6, 6.07) is 3.56. The third kappa shape index (κ3) is 2.13. The van der Waals surface area contributed by atoms with Crippen LogP contribution in [0.15, 0.2) is 35.5 Å². The van der Waals surface area contributed by atoms with E-state index in [0.29, 0.717) is 11.3 Å². The minimum absolute atomic E-state index is 0.0474. The molecule has 2 heterocycles. The number of rotatable bonds is 2. The van der Waals surface area contributed by atoms with E-state index in [-0.39, 0.29) is 16.9 Å². The van der Waals surface area contributed by atoms with Gasteiger partial charge in [0.25, 0.3) is 0 Å². The highest BCUT2D eigenvalue weighted by Gasteiger charge is 2.11. The predicted molar refractivity (Wildman–Crippen MR) is 62.4 cm³/mol. The first-order chi connectivity index (χ1) is 8.09. The predicted octanol–water partition coefficient (Wildman–Crippen LogP) is 1.14. The lowest BCUT2D eigenvalue weighted by Gasteiger charge is -2.07. The molecule has 0 radical (unpaired) electrons. The molecular formula is C12H11N3O2. The molecule has 0 aliphatic heterocycles. The van der Waals surface area contributed by atoms with Gasteiger partial charge in [-0.05, 0) is 19.1 Å². The third-order valence-corrected chi connectivity index (χ3v) is 2.34. The Morgan fingerprint density at radius 1 is 1.41 bits per heavy atom. The van der Waals surface area contributed by atoms with Gasteiger partial charge in [-0.25, -0.2) is 4.68 Å². The molecule has 5 heteroatoms. The zero-order valence-corrected chi connectivity index (χ0v) is 9.54. The number of hydrogen-bond donors (Lipinski definition) is 0. The van der Waals surface area contributed by atoms with Gasteiger partial charge in [0.2, 0.25) is 5.43 Å². The zero-order chi connectivity index (χ0) is 12.4. The van der Waals surface area contributed by atoms with Crippen molar-refractivity contribution in [2.45, 2.75) is 13.8 Å². The van der Waals surface area contributed by atoms with Gasteiger partial charge in [-0.3, -0.25) is 14.6 Å². The van der Waals surface area contributed by atoms with Crippen LogP contribution in [0.25, 0.3) is 5.69 Å². The van der Waals surface area contributed by atoms with Crippen molar-refractivity contribution in [1.29, 1.82) is 0 Å². The molecule has 0 aromatic carbocycles. The maximum absolute atomic E-state index is 11.7. The van der Waals surface area contributed by atoms with Crippen LogP contribution < -0.4 is 5.43 Å². The van der Waals surface area contributed by atoms with Crippen LogP contribution in [0.5, 0.6) is 0 Å². The largest absolute Gasteiger partial charge is 0.293 e. The summed E-state index contributed by atoms with van der Waals surface area (Å²) in [7, 11) is 0. The minimum atomic E-state index is -0.337. The molecule has 0 bridgehead atoms. The van der Waals surface area contributed by atoms with Gasteiger partial charge < -0.3 is 0 Å². The summed E-state index contributed by atoms with van der Waals surface area (Å²) in [5.41, 5.74) is 0.818. The Bertz CT molecular complexity index is 617. The summed E-state index contributed by atoms with van der Waals surface area (Å²) >= 11 is 0. The van der Waals surface area contributed by atoms with Crippen molar-refractivity contribution in [2.75, 3.05) is 0 Å². The molecule has 0 aliphatic carbocycles. The third-order valence-electron chi connectivity index (χ3n) is 2.34. The number of carbonyl (C=O) groups excluding carboxylic acids is 1. The Kier molecular flexibility index (Phi) is 2.82. The molecule has 0 saturated heterocycles. The van der Waals surface area contributed by atoms with Crippen molar-refractivity contribution >= 4 is 5.78 Å². The van der Waals surface area contributed by atoms with E-state index in [0.717, 1.165) is 0 Å². The number of Topliss-reactive ketones (excluding diaryl/α,β-unsaturated/α-hetero) is 1. The Hall–Kier alpha value is -2.30. The molecule has 0 unspecified atom stereocenters. The lowest BCUT2D eigenvalue weighted by molar-refractivity contribution is 0.101. The van der Waals surface area contributed by atoms with E-state index in [9.17, 15) is 9.59 Å². The van der Waals surface area contributed by atoms with Crippen LogP contribution in [-0.2, 0) is 0 Å². The molecule has 0 aliphatic rings. The standard InChI is InChI=1S/C12H11N3O2/c1-8-7-15(10-4-3-5-13-6-10)14-11(9(2)16)12(8)17/h3-7H,1-2H3. The topological polar surface area (TPSA) is 64.8 Å². The first kappa shape index (κ1) is 11.2. The molecule has 17 heavy (non-hydrogen) atoms. The van der Waals surface area contributed by atoms with Crippen molar-refractivity contribution in [3.63, 3.8) is 0 Å². The smallest absolute Gasteiger partial charge is 0.214 e. The summed E-state index contributed by atoms with van der Waals surface area (Å²) in [6.45, 7) is 2.99. The van der Waals surface area contributed by atoms with E-state index < -0.39 is 0 Å². The second-order valence-electron chi connectivity index (χ2n) is 3.70. The van der Waals surface area contributed by atoms with Gasteiger partial charge in [-0.1, -0.05) is 0 Å². The summed E-state index contributed by atoms with van der Waals surface area (Å²) in [5, 5.41) is 4.02. The maximum Gasteiger partial charge on any atom is 0.214 e. The Morgan fingerprint density at radius 3 is 2.76 bits per heavy atom. The molecule has 2 rings (SSSR count). The average Bonchev–Trinajstić information content (AvgIpc) is 2.33. The normalized spacial score (nSPS) is 10.2. The van der Waals surface area contributed by atoms with Crippen LogP contribution in [0.4, 0.5) is 0 Å². The molecule has 0 saturated carbocycles. The van der Waals surface area contributed by atoms with Crippen molar-refractivity contribution < 1.29 is 4.79 Å². The Labute approximate surface area is 97.7 Å². The van der Waals surface area contributed by atoms with Gasteiger partial charge >= 0.3 is 0 Å². The van der Waals surface area contributed by atoms with E-state index in [2.05, 4.69) is 10.1 Å². The van der Waals surface area contributed by atoms with Crippen LogP contribution in [0.3, 0.4) is 0 Å². The number of carbonyl (C=O) groups is 1. The molecule has 0 amide bonds. The van der Waals surface area contributed by atoms with Gasteiger partial charge in [0, 0.05) is 24.9 Å². The zero-order valence-electron chi connectivity index (χ0n) is 9.54. The van der Waals surface area contributed by atoms with E-state index >= 15 is 0 Å². The fraction of sp³-hybridized carbons (Fsp3) is 0.167. The lowest BCUT2D eigenvalue weighted by Crippen LogP contribution is -2.22. The quantitative estimate of drug-likeness (QED) is 0.724. The number of nitrogens with zero attached hydrogens (tertiary/aromatic N) is 3. The first-order valence-corrected chi connectivity index (χ1v) is 5.11. The number of hydrogen-bond acceptors (Lipinski definition) is 4. The molecule has 0 spiro atoms. The Balaban J connectivity index is 2.66. The maximum atomic E-state index is 11.7. The lowest BCUT2D eigenvalue weighted by atomic mass is 10.2. The highest BCUT2D eigenvalue weighted by atomic mass is 16.1. The van der Waals surface area contributed by atoms with Crippen molar-refractivity contribution in [3.8, 4) is 5.69 Å². The average molecular weight is 229 g/mol. The summed E-state index contributed by atoms with van der Waals surface area (Å²) in [4.78, 5) is 27.0. The summed E-state index contributed by atoms with van der Waals surface area (Å²) in [5.74, 6) is -0.337. The Morgan fingerprint density at radius 2 is 2.18 bits per heavy atom. The molecule has 5 nitrogen and oxygen atoms in total. The second kappa shape index (κ2) is 4.29. The monoisotopic (exact) mass is 229 g/mol. The molecule has 86 valence electrons. The number of aromatic nitrogens is 3. The molecular weight excluding hydrogens is 218 g/mol. The van der Waals surface area contributed by atoms with E-state index in [1.54, 1.807) is 37.6 Å². The van der Waals surface area contributed by atoms with Crippen LogP contribution in [0, 0.1) is 6.92 Å². The molecule has 2 aromatic rings. The van der Waals surface area contributed by atoms with Crippen molar-refractivity contribution in [1.82, 2.24) is 14.8 Å². The molecule has 0 atom stereocenters. The summed E-state index contributed by atoms with van der Waals surface area (Å²) < 4.78 is 1.49. The number of ketones is 1. The van der Waals surface area contributed by atoms with Crippen LogP contribution >= 0.6 is 0 Å². The van der Waals surface area contributed by atoms with Crippen LogP contribution in [0.1, 0.15) is 23.0 Å². The van der Waals surface area contributed by atoms with E-state index in [4.69, 9.17) is 0 Å². The van der Waals surface area contributed by atoms with E-state index in [1.807, 2.05) is 0 Å². The molecule has 0 fully saturated rings. The van der Waals surface area contributed by atoms with Crippen LogP contribution in [-0.4, -0.2) is 20.5 Å². The number of pyridine rings is 1. The fourth-order valence-corrected chi connectivity index (χ4v) is 1.46. The fourth-order valence-electron chi connectivity index (χ4n) is 1.46. The van der Waals surface area contributed by atoms with Crippen LogP contribution in [0.2, 0.25) is 0 Å². The first-order valence-electron chi connectivity index (χ1n) is 5.11. The van der Waals surface area contributed by atoms with Gasteiger partial charge in [0.1, 0.15) is 0 Å². The van der Waals surface area contributed by atoms with Gasteiger partial charge in [-0.15, -0.1) is 0 Å². The number of aryl methyl sites for hydroxylation is 1. The molecule has 2 aromatic heterocycles. The van der Waals surface area contributed by atoms with Gasteiger partial charge in [0.15, 0.2) is 11.5 Å². The van der Waals surface area contributed by atoms with Crippen molar-refractivity contribution in [3.05, 3.63) is 52.2 Å². The van der Waals surface area contributed by atoms with Crippen molar-refractivity contribution in [2.24, 2.45) is 0 Å². The second-order valence-corrected chi connectivity index (χ2v) is 3.70. The SMILES string of the molecule is CC(=O)c1nn(-c2cccnc2)cc(C)c1=O. The highest BCUT2D eigenvalue weighted by molar-refractivity contribution is 5.91. The van der Waals surface area contributed by atoms with E-state index in [1.165, 1.54) is 11.6 Å².